The molecule has 4 fully saturated rings. The fourth-order valence-corrected chi connectivity index (χ4v) is 6.88. The fraction of sp³-hybridized carbons (Fsp3) is 0.947. The van der Waals surface area contributed by atoms with Crippen molar-refractivity contribution in [2.75, 3.05) is 0 Å². The van der Waals surface area contributed by atoms with Gasteiger partial charge in [-0.2, -0.15) is 0 Å². The van der Waals surface area contributed by atoms with Crippen molar-refractivity contribution in [1.29, 1.82) is 0 Å². The van der Waals surface area contributed by atoms with Gasteiger partial charge in [0.05, 0.1) is 12.2 Å². The number of aliphatic hydroxyl groups is 2. The molecule has 4 aliphatic carbocycles. The minimum absolute atomic E-state index is 0.0335. The van der Waals surface area contributed by atoms with Crippen LogP contribution in [-0.2, 0) is 4.79 Å². The Kier molecular flexibility index (Phi) is 3.30. The van der Waals surface area contributed by atoms with Crippen molar-refractivity contribution in [2.45, 2.75) is 77.4 Å². The van der Waals surface area contributed by atoms with Crippen LogP contribution in [0.2, 0.25) is 0 Å². The average Bonchev–Trinajstić information content (AvgIpc) is 2.77. The molecule has 22 heavy (non-hydrogen) atoms. The summed E-state index contributed by atoms with van der Waals surface area (Å²) in [6, 6.07) is 0. The van der Waals surface area contributed by atoms with E-state index in [0.29, 0.717) is 30.0 Å². The van der Waals surface area contributed by atoms with Crippen LogP contribution in [0, 0.1) is 34.5 Å². The van der Waals surface area contributed by atoms with Crippen molar-refractivity contribution in [1.82, 2.24) is 0 Å². The zero-order chi connectivity index (χ0) is 15.7. The van der Waals surface area contributed by atoms with Crippen molar-refractivity contribution in [3.63, 3.8) is 0 Å². The summed E-state index contributed by atoms with van der Waals surface area (Å²) in [6.07, 6.45) is 7.07. The average molecular weight is 306 g/mol. The number of carbonyl (C=O) groups is 1. The molecule has 124 valence electrons. The van der Waals surface area contributed by atoms with Gasteiger partial charge in [0, 0.05) is 12.3 Å². The Morgan fingerprint density at radius 1 is 0.955 bits per heavy atom. The number of Topliss-reactive ketones (excluding diaryl/α,β-unsaturated/α-hetero) is 1. The highest BCUT2D eigenvalue weighted by molar-refractivity contribution is 5.83. The van der Waals surface area contributed by atoms with Gasteiger partial charge in [-0.25, -0.2) is 0 Å². The smallest absolute Gasteiger partial charge is 0.136 e. The van der Waals surface area contributed by atoms with Crippen LogP contribution in [0.1, 0.15) is 65.2 Å². The zero-order valence-electron chi connectivity index (χ0n) is 13.9. The van der Waals surface area contributed by atoms with Gasteiger partial charge in [-0.1, -0.05) is 13.8 Å². The number of hydrogen-bond donors (Lipinski definition) is 2. The lowest BCUT2D eigenvalue weighted by Crippen LogP contribution is -2.57. The summed E-state index contributed by atoms with van der Waals surface area (Å²) in [5.41, 5.74) is 0.195. The Morgan fingerprint density at radius 2 is 1.64 bits per heavy atom. The molecule has 0 bridgehead atoms. The molecule has 8 atom stereocenters. The molecule has 0 unspecified atom stereocenters. The number of carbonyl (C=O) groups excluding carboxylic acids is 1. The second-order valence-electron chi connectivity index (χ2n) is 9.18. The number of hydrogen-bond acceptors (Lipinski definition) is 3. The van der Waals surface area contributed by atoms with Gasteiger partial charge in [0.2, 0.25) is 0 Å². The van der Waals surface area contributed by atoms with E-state index in [0.717, 1.165) is 44.9 Å². The van der Waals surface area contributed by atoms with E-state index in [1.54, 1.807) is 0 Å². The summed E-state index contributed by atoms with van der Waals surface area (Å²) in [7, 11) is 0. The van der Waals surface area contributed by atoms with Crippen molar-refractivity contribution >= 4 is 5.78 Å². The molecule has 0 spiro atoms. The van der Waals surface area contributed by atoms with Crippen LogP contribution in [-0.4, -0.2) is 28.2 Å². The van der Waals surface area contributed by atoms with Gasteiger partial charge in [0.15, 0.2) is 0 Å². The first-order valence-electron chi connectivity index (χ1n) is 9.25. The van der Waals surface area contributed by atoms with Gasteiger partial charge in [0.25, 0.3) is 0 Å². The fourth-order valence-electron chi connectivity index (χ4n) is 6.88. The van der Waals surface area contributed by atoms with Crippen molar-refractivity contribution in [3.8, 4) is 0 Å². The molecule has 0 aromatic rings. The Morgan fingerprint density at radius 3 is 2.41 bits per heavy atom. The monoisotopic (exact) mass is 306 g/mol. The molecule has 0 heterocycles. The topological polar surface area (TPSA) is 57.5 Å². The molecule has 3 nitrogen and oxygen atoms in total. The van der Waals surface area contributed by atoms with Gasteiger partial charge in [-0.3, -0.25) is 4.79 Å². The quantitative estimate of drug-likeness (QED) is 0.723. The predicted molar refractivity (Wildman–Crippen MR) is 84.1 cm³/mol. The Hall–Kier alpha value is -0.410. The van der Waals surface area contributed by atoms with E-state index in [4.69, 9.17) is 0 Å². The summed E-state index contributed by atoms with van der Waals surface area (Å²) in [5, 5.41) is 20.5. The standard InChI is InChI=1S/C19H30O3/c1-18-7-5-12(20)9-11(18)10-15(21)17-13-3-4-16(22)19(13,2)8-6-14(17)18/h11-14,16-17,20,22H,3-10H2,1-2H3/t11-,12+,13+,14+,16+,17-,18+,19+/m1/s1. The third-order valence-electron chi connectivity index (χ3n) is 8.39. The highest BCUT2D eigenvalue weighted by Gasteiger charge is 2.62. The summed E-state index contributed by atoms with van der Waals surface area (Å²) < 4.78 is 0. The summed E-state index contributed by atoms with van der Waals surface area (Å²) in [6.45, 7) is 4.61. The molecule has 0 radical (unpaired) electrons. The number of rotatable bonds is 0. The van der Waals surface area contributed by atoms with Gasteiger partial charge < -0.3 is 10.2 Å². The maximum atomic E-state index is 13.0. The van der Waals surface area contributed by atoms with Gasteiger partial charge in [-0.15, -0.1) is 0 Å². The lowest BCUT2D eigenvalue weighted by molar-refractivity contribution is -0.162. The molecule has 4 saturated carbocycles. The normalized spacial score (nSPS) is 57.9. The van der Waals surface area contributed by atoms with Gasteiger partial charge >= 0.3 is 0 Å². The number of aliphatic hydroxyl groups excluding tert-OH is 2. The molecule has 0 amide bonds. The molecule has 4 aliphatic rings. The number of fused-ring (bicyclic) bond motifs is 5. The molecule has 3 heteroatoms. The first-order chi connectivity index (χ1) is 10.4. The van der Waals surface area contributed by atoms with E-state index < -0.39 is 0 Å². The lowest BCUT2D eigenvalue weighted by Gasteiger charge is -2.59. The Labute approximate surface area is 133 Å². The highest BCUT2D eigenvalue weighted by Crippen LogP contribution is 2.65. The van der Waals surface area contributed by atoms with Crippen LogP contribution in [0.25, 0.3) is 0 Å². The molecule has 2 N–H and O–H groups in total. The third-order valence-corrected chi connectivity index (χ3v) is 8.39. The molecule has 0 saturated heterocycles. The molecule has 0 aromatic heterocycles. The molecule has 0 aromatic carbocycles. The van der Waals surface area contributed by atoms with E-state index in [9.17, 15) is 15.0 Å². The summed E-state index contributed by atoms with van der Waals surface area (Å²) >= 11 is 0. The van der Waals surface area contributed by atoms with Crippen molar-refractivity contribution < 1.29 is 15.0 Å². The van der Waals surface area contributed by atoms with Crippen LogP contribution in [0.3, 0.4) is 0 Å². The van der Waals surface area contributed by atoms with E-state index in [1.165, 1.54) is 0 Å². The Balaban J connectivity index is 1.69. The maximum absolute atomic E-state index is 13.0. The van der Waals surface area contributed by atoms with Crippen LogP contribution >= 0.6 is 0 Å². The van der Waals surface area contributed by atoms with Crippen LogP contribution < -0.4 is 0 Å². The van der Waals surface area contributed by atoms with E-state index in [2.05, 4.69) is 13.8 Å². The highest BCUT2D eigenvalue weighted by atomic mass is 16.3. The van der Waals surface area contributed by atoms with Crippen LogP contribution in [0.15, 0.2) is 0 Å². The minimum atomic E-state index is -0.218. The summed E-state index contributed by atoms with van der Waals surface area (Å²) in [5.74, 6) is 1.85. The van der Waals surface area contributed by atoms with E-state index in [-0.39, 0.29) is 29.0 Å². The van der Waals surface area contributed by atoms with Crippen LogP contribution in [0.4, 0.5) is 0 Å². The second kappa shape index (κ2) is 4.80. The zero-order valence-corrected chi connectivity index (χ0v) is 13.9. The third kappa shape index (κ3) is 1.84. The van der Waals surface area contributed by atoms with Gasteiger partial charge in [-0.05, 0) is 73.5 Å². The first kappa shape index (κ1) is 15.1. The van der Waals surface area contributed by atoms with Crippen molar-refractivity contribution in [2.24, 2.45) is 34.5 Å². The second-order valence-corrected chi connectivity index (χ2v) is 9.18. The molecular formula is C19H30O3. The van der Waals surface area contributed by atoms with E-state index >= 15 is 0 Å². The Bertz CT molecular complexity index is 489. The van der Waals surface area contributed by atoms with E-state index in [1.807, 2.05) is 0 Å². The SMILES string of the molecule is C[C@]12CC[C@H](O)C[C@@H]1CC(=O)[C@H]1[C@@H]2CC[C@]2(C)[C@@H](O)CC[C@@H]12. The molecule has 4 rings (SSSR count). The summed E-state index contributed by atoms with van der Waals surface area (Å²) in [4.78, 5) is 13.0. The molecular weight excluding hydrogens is 276 g/mol. The largest absolute Gasteiger partial charge is 0.393 e. The van der Waals surface area contributed by atoms with Gasteiger partial charge in [0.1, 0.15) is 5.78 Å². The predicted octanol–water partition coefficient (Wildman–Crippen LogP) is 2.93. The lowest BCUT2D eigenvalue weighted by atomic mass is 9.45. The molecule has 0 aliphatic heterocycles. The number of ketones is 1. The van der Waals surface area contributed by atoms with Crippen LogP contribution in [0.5, 0.6) is 0 Å². The minimum Gasteiger partial charge on any atom is -0.393 e. The first-order valence-corrected chi connectivity index (χ1v) is 9.25. The maximum Gasteiger partial charge on any atom is 0.136 e. The van der Waals surface area contributed by atoms with Crippen molar-refractivity contribution in [3.05, 3.63) is 0 Å².